The van der Waals surface area contributed by atoms with E-state index in [0.717, 1.165) is 36.3 Å². The van der Waals surface area contributed by atoms with Gasteiger partial charge in [-0.05, 0) is 36.7 Å². The third-order valence-electron chi connectivity index (χ3n) is 3.41. The number of hydrogen-bond donors (Lipinski definition) is 1. The summed E-state index contributed by atoms with van der Waals surface area (Å²) in [6, 6.07) is 6.15. The average molecular weight is 291 g/mol. The molecule has 0 bridgehead atoms. The molecule has 0 aliphatic carbocycles. The van der Waals surface area contributed by atoms with E-state index in [1.165, 1.54) is 17.2 Å². The van der Waals surface area contributed by atoms with Crippen molar-refractivity contribution in [1.29, 1.82) is 0 Å². The van der Waals surface area contributed by atoms with Gasteiger partial charge in [0.15, 0.2) is 5.69 Å². The van der Waals surface area contributed by atoms with Crippen molar-refractivity contribution in [3.63, 3.8) is 0 Å². The molecule has 20 heavy (non-hydrogen) atoms. The molecule has 1 aliphatic rings. The molecule has 3 rings (SSSR count). The number of anilines is 1. The molecule has 5 nitrogen and oxygen atoms in total. The molecule has 2 aromatic rings. The minimum absolute atomic E-state index is 0.339. The molecule has 0 spiro atoms. The first kappa shape index (κ1) is 13.3. The zero-order chi connectivity index (χ0) is 13.9. The summed E-state index contributed by atoms with van der Waals surface area (Å²) in [5, 5.41) is 4.22. The van der Waals surface area contributed by atoms with Gasteiger partial charge >= 0.3 is 5.97 Å². The molecule has 0 saturated carbocycles. The van der Waals surface area contributed by atoms with E-state index in [1.807, 2.05) is 6.07 Å². The van der Waals surface area contributed by atoms with Crippen molar-refractivity contribution in [2.45, 2.75) is 6.92 Å². The maximum atomic E-state index is 11.8. The Balaban J connectivity index is 1.91. The Morgan fingerprint density at radius 1 is 1.45 bits per heavy atom. The fourth-order valence-corrected chi connectivity index (χ4v) is 3.19. The van der Waals surface area contributed by atoms with E-state index in [1.54, 1.807) is 6.92 Å². The van der Waals surface area contributed by atoms with Crippen molar-refractivity contribution >= 4 is 33.3 Å². The number of piperazine rings is 1. The average Bonchev–Trinajstić information content (AvgIpc) is 2.91. The number of fused-ring (bicyclic) bond motifs is 1. The highest BCUT2D eigenvalue weighted by Crippen LogP contribution is 2.28. The van der Waals surface area contributed by atoms with Gasteiger partial charge in [-0.25, -0.2) is 4.79 Å². The monoisotopic (exact) mass is 291 g/mol. The number of carbonyl (C=O) groups is 1. The lowest BCUT2D eigenvalue weighted by Gasteiger charge is -2.29. The van der Waals surface area contributed by atoms with Crippen LogP contribution in [0.4, 0.5) is 5.69 Å². The van der Waals surface area contributed by atoms with Crippen molar-refractivity contribution in [3.8, 4) is 0 Å². The number of nitrogens with zero attached hydrogens (tertiary/aromatic N) is 2. The first-order valence-electron chi connectivity index (χ1n) is 6.82. The van der Waals surface area contributed by atoms with Crippen LogP contribution in [0.25, 0.3) is 10.1 Å². The van der Waals surface area contributed by atoms with Crippen molar-refractivity contribution in [1.82, 2.24) is 9.69 Å². The summed E-state index contributed by atoms with van der Waals surface area (Å²) in [5.41, 5.74) is 1.62. The van der Waals surface area contributed by atoms with E-state index in [4.69, 9.17) is 4.74 Å². The second kappa shape index (κ2) is 5.76. The lowest BCUT2D eigenvalue weighted by molar-refractivity contribution is 0.0523. The van der Waals surface area contributed by atoms with Crippen LogP contribution in [-0.2, 0) is 4.74 Å². The van der Waals surface area contributed by atoms with Crippen molar-refractivity contribution in [2.24, 2.45) is 0 Å². The lowest BCUT2D eigenvalue weighted by Crippen LogP contribution is -2.43. The molecule has 0 amide bonds. The Bertz CT molecular complexity index is 620. The molecule has 6 heteroatoms. The van der Waals surface area contributed by atoms with Crippen molar-refractivity contribution < 1.29 is 9.53 Å². The van der Waals surface area contributed by atoms with Gasteiger partial charge in [0.05, 0.1) is 11.3 Å². The second-order valence-electron chi connectivity index (χ2n) is 4.67. The predicted octanol–water partition coefficient (Wildman–Crippen LogP) is 1.88. The molecule has 106 valence electrons. The van der Waals surface area contributed by atoms with Crippen LogP contribution in [0.1, 0.15) is 17.4 Å². The molecule has 1 N–H and O–H groups in total. The van der Waals surface area contributed by atoms with Crippen LogP contribution in [-0.4, -0.2) is 43.1 Å². The molecule has 1 aromatic carbocycles. The Kier molecular flexibility index (Phi) is 3.84. The van der Waals surface area contributed by atoms with Crippen molar-refractivity contribution in [3.05, 3.63) is 23.9 Å². The topological polar surface area (TPSA) is 54.5 Å². The number of esters is 1. The van der Waals surface area contributed by atoms with Gasteiger partial charge in [0, 0.05) is 37.3 Å². The fourth-order valence-electron chi connectivity index (χ4n) is 2.39. The molecule has 0 radical (unpaired) electrons. The summed E-state index contributed by atoms with van der Waals surface area (Å²) in [6.45, 7) is 6.21. The minimum Gasteiger partial charge on any atom is -0.461 e. The molecule has 1 fully saturated rings. The van der Waals surface area contributed by atoms with Crippen LogP contribution in [0.2, 0.25) is 0 Å². The number of benzene rings is 1. The highest BCUT2D eigenvalue weighted by atomic mass is 32.1. The summed E-state index contributed by atoms with van der Waals surface area (Å²) in [5.74, 6) is -0.339. The van der Waals surface area contributed by atoms with Gasteiger partial charge in [0.1, 0.15) is 0 Å². The normalized spacial score (nSPS) is 15.6. The largest absolute Gasteiger partial charge is 0.461 e. The molecular formula is C14H17N3O2S. The van der Waals surface area contributed by atoms with Crippen LogP contribution in [0.5, 0.6) is 0 Å². The summed E-state index contributed by atoms with van der Waals surface area (Å²) < 4.78 is 10.3. The quantitative estimate of drug-likeness (QED) is 0.875. The molecule has 1 aromatic heterocycles. The SMILES string of the molecule is CCOC(=O)c1nsc2cc(N3CCNCC3)ccc12. The molecule has 2 heterocycles. The lowest BCUT2D eigenvalue weighted by atomic mass is 10.2. The number of rotatable bonds is 3. The van der Waals surface area contributed by atoms with Crippen LogP contribution in [0.15, 0.2) is 18.2 Å². The smallest absolute Gasteiger partial charge is 0.358 e. The van der Waals surface area contributed by atoms with Crippen LogP contribution < -0.4 is 10.2 Å². The number of nitrogens with one attached hydrogen (secondary N) is 1. The molecular weight excluding hydrogens is 274 g/mol. The van der Waals surface area contributed by atoms with Gasteiger partial charge in [-0.3, -0.25) is 0 Å². The number of hydrogen-bond acceptors (Lipinski definition) is 6. The standard InChI is InChI=1S/C14H17N3O2S/c1-2-19-14(18)13-11-4-3-10(9-12(11)20-16-13)17-7-5-15-6-8-17/h3-4,9,15H,2,5-8H2,1H3. The fraction of sp³-hybridized carbons (Fsp3) is 0.429. The van der Waals surface area contributed by atoms with Gasteiger partial charge in [-0.15, -0.1) is 0 Å². The summed E-state index contributed by atoms with van der Waals surface area (Å²) in [7, 11) is 0. The summed E-state index contributed by atoms with van der Waals surface area (Å²) in [6.07, 6.45) is 0. The Hall–Kier alpha value is -1.66. The predicted molar refractivity (Wildman–Crippen MR) is 80.7 cm³/mol. The summed E-state index contributed by atoms with van der Waals surface area (Å²) >= 11 is 1.35. The first-order valence-corrected chi connectivity index (χ1v) is 7.59. The maximum absolute atomic E-state index is 11.8. The minimum atomic E-state index is -0.339. The van der Waals surface area contributed by atoms with Crippen LogP contribution >= 0.6 is 11.5 Å². The molecule has 1 saturated heterocycles. The van der Waals surface area contributed by atoms with E-state index in [2.05, 4.69) is 26.7 Å². The maximum Gasteiger partial charge on any atom is 0.358 e. The van der Waals surface area contributed by atoms with E-state index in [0.29, 0.717) is 12.3 Å². The van der Waals surface area contributed by atoms with E-state index in [9.17, 15) is 4.79 Å². The highest BCUT2D eigenvalue weighted by Gasteiger charge is 2.17. The highest BCUT2D eigenvalue weighted by molar-refractivity contribution is 7.13. The van der Waals surface area contributed by atoms with E-state index in [-0.39, 0.29) is 5.97 Å². The van der Waals surface area contributed by atoms with Gasteiger partial charge in [0.25, 0.3) is 0 Å². The second-order valence-corrected chi connectivity index (χ2v) is 5.47. The van der Waals surface area contributed by atoms with Gasteiger partial charge in [-0.2, -0.15) is 4.37 Å². The number of carbonyl (C=O) groups excluding carboxylic acids is 1. The molecule has 0 atom stereocenters. The zero-order valence-corrected chi connectivity index (χ0v) is 12.2. The number of ether oxygens (including phenoxy) is 1. The van der Waals surface area contributed by atoms with Gasteiger partial charge in [0.2, 0.25) is 0 Å². The molecule has 0 unspecified atom stereocenters. The Morgan fingerprint density at radius 2 is 2.25 bits per heavy atom. The van der Waals surface area contributed by atoms with E-state index < -0.39 is 0 Å². The summed E-state index contributed by atoms with van der Waals surface area (Å²) in [4.78, 5) is 14.2. The van der Waals surface area contributed by atoms with Crippen LogP contribution in [0, 0.1) is 0 Å². The Labute approximate surface area is 121 Å². The first-order chi connectivity index (χ1) is 9.79. The third-order valence-corrected chi connectivity index (χ3v) is 4.21. The van der Waals surface area contributed by atoms with Gasteiger partial charge < -0.3 is 15.0 Å². The van der Waals surface area contributed by atoms with E-state index >= 15 is 0 Å². The van der Waals surface area contributed by atoms with Crippen LogP contribution in [0.3, 0.4) is 0 Å². The van der Waals surface area contributed by atoms with Gasteiger partial charge in [-0.1, -0.05) is 0 Å². The molecule has 1 aliphatic heterocycles. The van der Waals surface area contributed by atoms with Crippen molar-refractivity contribution in [2.75, 3.05) is 37.7 Å². The third kappa shape index (κ3) is 2.48. The number of aromatic nitrogens is 1. The zero-order valence-electron chi connectivity index (χ0n) is 11.4. The Morgan fingerprint density at radius 3 is 3.00 bits per heavy atom.